The molecule has 0 atom stereocenters. The summed E-state index contributed by atoms with van der Waals surface area (Å²) in [7, 11) is 3.47. The largest absolute Gasteiger partial charge is 0.497 e. The Morgan fingerprint density at radius 1 is 1.07 bits per heavy atom. The molecule has 0 saturated heterocycles. The van der Waals surface area contributed by atoms with Gasteiger partial charge in [-0.1, -0.05) is 25.3 Å². The molecule has 1 saturated carbocycles. The molecular formula is C32H33N3O5. The van der Waals surface area contributed by atoms with Gasteiger partial charge in [0.2, 0.25) is 0 Å². The average Bonchev–Trinajstić information content (AvgIpc) is 3.45. The van der Waals surface area contributed by atoms with E-state index < -0.39 is 11.9 Å². The summed E-state index contributed by atoms with van der Waals surface area (Å²) in [6.45, 7) is 2.48. The summed E-state index contributed by atoms with van der Waals surface area (Å²) in [5.41, 5.74) is 7.51. The lowest BCUT2D eigenvalue weighted by Gasteiger charge is -2.24. The van der Waals surface area contributed by atoms with Crippen molar-refractivity contribution in [2.75, 3.05) is 13.7 Å². The van der Waals surface area contributed by atoms with Crippen LogP contribution in [0.15, 0.2) is 42.6 Å². The van der Waals surface area contributed by atoms with E-state index in [1.165, 1.54) is 24.8 Å². The first-order valence-electron chi connectivity index (χ1n) is 13.9. The normalized spacial score (nSPS) is 15.2. The minimum absolute atomic E-state index is 0.250. The molecule has 0 amide bonds. The van der Waals surface area contributed by atoms with Crippen LogP contribution < -0.4 is 4.74 Å². The Morgan fingerprint density at radius 2 is 1.88 bits per heavy atom. The first-order valence-corrected chi connectivity index (χ1v) is 13.9. The quantitative estimate of drug-likeness (QED) is 0.280. The van der Waals surface area contributed by atoms with Crippen LogP contribution in [0.1, 0.15) is 82.5 Å². The summed E-state index contributed by atoms with van der Waals surface area (Å²) in [6.07, 6.45) is 9.46. The van der Waals surface area contributed by atoms with Gasteiger partial charge in [-0.3, -0.25) is 4.68 Å². The first kappa shape index (κ1) is 25.9. The molecule has 206 valence electrons. The van der Waals surface area contributed by atoms with Crippen molar-refractivity contribution in [3.63, 3.8) is 0 Å². The number of aryl methyl sites for hydroxylation is 1. The number of hydrogen-bond acceptors (Lipinski definition) is 5. The number of aromatic carboxylic acids is 1. The lowest BCUT2D eigenvalue weighted by atomic mass is 9.81. The average molecular weight is 540 g/mol. The van der Waals surface area contributed by atoms with E-state index in [-0.39, 0.29) is 12.2 Å². The summed E-state index contributed by atoms with van der Waals surface area (Å²) in [6, 6.07) is 11.6. The molecule has 8 nitrogen and oxygen atoms in total. The van der Waals surface area contributed by atoms with Crippen molar-refractivity contribution in [1.82, 2.24) is 14.3 Å². The molecule has 6 rings (SSSR count). The standard InChI is InChI=1S/C32H33N3O5/c1-4-40-32(38)26-17-33-34(2)29(26)22-14-21-15-23(39-3)11-13-24(21)30-28(19-8-6-5-7-9-19)25-12-10-20(31(36)37)16-27(25)35(30)18-22/h10-17,19H,4-9,18H2,1-3H3,(H,36,37). The maximum absolute atomic E-state index is 12.9. The Bertz CT molecular complexity index is 1670. The van der Waals surface area contributed by atoms with Gasteiger partial charge in [-0.05, 0) is 78.8 Å². The van der Waals surface area contributed by atoms with Crippen molar-refractivity contribution in [3.8, 4) is 17.0 Å². The lowest BCUT2D eigenvalue weighted by molar-refractivity contribution is 0.0525. The molecule has 1 aliphatic carbocycles. The Hall–Kier alpha value is -4.33. The highest BCUT2D eigenvalue weighted by atomic mass is 16.5. The van der Waals surface area contributed by atoms with E-state index in [1.54, 1.807) is 37.0 Å². The molecule has 2 aromatic heterocycles. The fourth-order valence-electron chi connectivity index (χ4n) is 6.49. The number of aromatic nitrogens is 3. The van der Waals surface area contributed by atoms with Crippen LogP contribution in [0.4, 0.5) is 0 Å². The highest BCUT2D eigenvalue weighted by Gasteiger charge is 2.31. The van der Waals surface area contributed by atoms with Gasteiger partial charge in [-0.2, -0.15) is 5.10 Å². The molecule has 1 aliphatic heterocycles. The molecule has 1 N–H and O–H groups in total. The number of ether oxygens (including phenoxy) is 2. The highest BCUT2D eigenvalue weighted by Crippen LogP contribution is 2.47. The number of carbonyl (C=O) groups is 2. The molecular weight excluding hydrogens is 506 g/mol. The molecule has 40 heavy (non-hydrogen) atoms. The van der Waals surface area contributed by atoms with Crippen LogP contribution in [0.25, 0.3) is 33.8 Å². The predicted octanol–water partition coefficient (Wildman–Crippen LogP) is 6.53. The molecule has 0 bridgehead atoms. The third-order valence-corrected chi connectivity index (χ3v) is 8.27. The predicted molar refractivity (Wildman–Crippen MR) is 154 cm³/mol. The molecule has 0 spiro atoms. The number of hydrogen-bond donors (Lipinski definition) is 1. The zero-order valence-electron chi connectivity index (χ0n) is 23.1. The molecule has 3 heterocycles. The number of methoxy groups -OCH3 is 1. The SMILES string of the molecule is CCOC(=O)c1cnn(C)c1C1=Cc2cc(OC)ccc2-c2c(C3CCCCC3)c3ccc(C(=O)O)cc3n2C1. The van der Waals surface area contributed by atoms with Gasteiger partial charge in [0.05, 0.1) is 43.4 Å². The van der Waals surface area contributed by atoms with E-state index in [4.69, 9.17) is 9.47 Å². The van der Waals surface area contributed by atoms with Crippen LogP contribution in [0.5, 0.6) is 5.75 Å². The topological polar surface area (TPSA) is 95.6 Å². The van der Waals surface area contributed by atoms with Crippen LogP contribution in [0, 0.1) is 0 Å². The van der Waals surface area contributed by atoms with Crippen molar-refractivity contribution in [3.05, 3.63) is 70.5 Å². The second-order valence-electron chi connectivity index (χ2n) is 10.6. The number of carbonyl (C=O) groups excluding carboxylic acids is 1. The summed E-state index contributed by atoms with van der Waals surface area (Å²) in [5, 5.41) is 15.4. The third-order valence-electron chi connectivity index (χ3n) is 8.27. The molecule has 8 heteroatoms. The molecule has 1 fully saturated rings. The Kier molecular flexibility index (Phi) is 6.70. The number of carboxylic acids is 1. The zero-order chi connectivity index (χ0) is 28.0. The molecule has 2 aromatic carbocycles. The van der Waals surface area contributed by atoms with Crippen LogP contribution in [0.2, 0.25) is 0 Å². The van der Waals surface area contributed by atoms with E-state index in [0.717, 1.165) is 51.9 Å². The van der Waals surface area contributed by atoms with Crippen LogP contribution in [0.3, 0.4) is 0 Å². The molecule has 0 unspecified atom stereocenters. The highest BCUT2D eigenvalue weighted by molar-refractivity contribution is 6.03. The van der Waals surface area contributed by atoms with Gasteiger partial charge in [-0.15, -0.1) is 0 Å². The number of esters is 1. The summed E-state index contributed by atoms with van der Waals surface area (Å²) in [5.74, 6) is -0.258. The van der Waals surface area contributed by atoms with Gasteiger partial charge in [0.1, 0.15) is 11.3 Å². The summed E-state index contributed by atoms with van der Waals surface area (Å²) < 4.78 is 14.9. The Balaban J connectivity index is 1.67. The number of allylic oxidation sites excluding steroid dienone is 1. The van der Waals surface area contributed by atoms with E-state index >= 15 is 0 Å². The minimum Gasteiger partial charge on any atom is -0.497 e. The molecule has 0 radical (unpaired) electrons. The smallest absolute Gasteiger partial charge is 0.341 e. The fourth-order valence-corrected chi connectivity index (χ4v) is 6.49. The number of nitrogens with zero attached hydrogens (tertiary/aromatic N) is 3. The monoisotopic (exact) mass is 539 g/mol. The fraction of sp³-hybridized carbons (Fsp3) is 0.344. The van der Waals surface area contributed by atoms with Crippen molar-refractivity contribution >= 4 is 34.5 Å². The first-order chi connectivity index (χ1) is 19.4. The van der Waals surface area contributed by atoms with Crippen LogP contribution in [-0.4, -0.2) is 45.1 Å². The van der Waals surface area contributed by atoms with Crippen LogP contribution in [-0.2, 0) is 18.3 Å². The van der Waals surface area contributed by atoms with Crippen molar-refractivity contribution in [2.24, 2.45) is 7.05 Å². The number of carboxylic acid groups (broad SMARTS) is 1. The van der Waals surface area contributed by atoms with E-state index in [2.05, 4.69) is 21.8 Å². The van der Waals surface area contributed by atoms with Gasteiger partial charge >= 0.3 is 11.9 Å². The number of fused-ring (bicyclic) bond motifs is 5. The second-order valence-corrected chi connectivity index (χ2v) is 10.6. The number of rotatable bonds is 6. The maximum atomic E-state index is 12.9. The second kappa shape index (κ2) is 10.3. The third kappa shape index (κ3) is 4.28. The van der Waals surface area contributed by atoms with Crippen molar-refractivity contribution in [2.45, 2.75) is 51.5 Å². The van der Waals surface area contributed by atoms with Gasteiger partial charge < -0.3 is 19.1 Å². The van der Waals surface area contributed by atoms with E-state index in [1.807, 2.05) is 25.2 Å². The van der Waals surface area contributed by atoms with Gasteiger partial charge in [0.15, 0.2) is 0 Å². The Morgan fingerprint density at radius 3 is 2.60 bits per heavy atom. The zero-order valence-corrected chi connectivity index (χ0v) is 23.1. The van der Waals surface area contributed by atoms with Gasteiger partial charge in [-0.25, -0.2) is 9.59 Å². The summed E-state index contributed by atoms with van der Waals surface area (Å²) in [4.78, 5) is 25.0. The van der Waals surface area contributed by atoms with Crippen molar-refractivity contribution < 1.29 is 24.2 Å². The van der Waals surface area contributed by atoms with E-state index in [9.17, 15) is 14.7 Å². The minimum atomic E-state index is -0.956. The van der Waals surface area contributed by atoms with Gasteiger partial charge in [0, 0.05) is 23.5 Å². The van der Waals surface area contributed by atoms with Crippen LogP contribution >= 0.6 is 0 Å². The number of benzene rings is 2. The van der Waals surface area contributed by atoms with Gasteiger partial charge in [0.25, 0.3) is 0 Å². The Labute approximate surface area is 232 Å². The molecule has 4 aromatic rings. The molecule has 2 aliphatic rings. The summed E-state index contributed by atoms with van der Waals surface area (Å²) >= 11 is 0. The maximum Gasteiger partial charge on any atom is 0.341 e. The lowest BCUT2D eigenvalue weighted by Crippen LogP contribution is -2.11. The van der Waals surface area contributed by atoms with E-state index in [0.29, 0.717) is 23.7 Å². The van der Waals surface area contributed by atoms with Crippen molar-refractivity contribution in [1.29, 1.82) is 0 Å².